The molecule has 1 N–H and O–H groups in total. The molecule has 1 aliphatic rings. The Labute approximate surface area is 104 Å². The van der Waals surface area contributed by atoms with Crippen LogP contribution in [0.3, 0.4) is 0 Å². The molecule has 1 aliphatic carbocycles. The van der Waals surface area contributed by atoms with Crippen LogP contribution in [0.5, 0.6) is 0 Å². The van der Waals surface area contributed by atoms with Gasteiger partial charge in [-0.15, -0.1) is 0 Å². The number of hydrogen-bond acceptors (Lipinski definition) is 3. The lowest BCUT2D eigenvalue weighted by atomic mass is 10.3. The summed E-state index contributed by atoms with van der Waals surface area (Å²) in [5.41, 5.74) is 0. The van der Waals surface area contributed by atoms with E-state index in [1.165, 1.54) is 12.2 Å². The summed E-state index contributed by atoms with van der Waals surface area (Å²) in [5.74, 6) is 3.76. The molecule has 96 valence electrons. The highest BCUT2D eigenvalue weighted by molar-refractivity contribution is 5.17. The van der Waals surface area contributed by atoms with Gasteiger partial charge in [0.25, 0.3) is 0 Å². The molecule has 2 rings (SSSR count). The van der Waals surface area contributed by atoms with E-state index in [0.717, 1.165) is 37.9 Å². The van der Waals surface area contributed by atoms with Gasteiger partial charge in [-0.2, -0.15) is 0 Å². The fraction of sp³-hybridized carbons (Fsp3) is 0.714. The maximum absolute atomic E-state index is 5.84. The van der Waals surface area contributed by atoms with Crippen LogP contribution in [0.4, 0.5) is 0 Å². The predicted molar refractivity (Wildman–Crippen MR) is 70.1 cm³/mol. The smallest absolute Gasteiger partial charge is 0.117 e. The van der Waals surface area contributed by atoms with E-state index in [1.807, 2.05) is 0 Å². The maximum Gasteiger partial charge on any atom is 0.117 e. The van der Waals surface area contributed by atoms with Crippen molar-refractivity contribution in [2.45, 2.75) is 32.7 Å². The first-order valence-electron chi connectivity index (χ1n) is 6.68. The molecule has 2 unspecified atom stereocenters. The molecule has 1 aromatic heterocycles. The Morgan fingerprint density at radius 1 is 1.47 bits per heavy atom. The van der Waals surface area contributed by atoms with E-state index in [1.54, 1.807) is 0 Å². The summed E-state index contributed by atoms with van der Waals surface area (Å²) in [6.07, 6.45) is 1.29. The van der Waals surface area contributed by atoms with Gasteiger partial charge in [-0.1, -0.05) is 13.8 Å². The topological polar surface area (TPSA) is 28.4 Å². The zero-order valence-electron chi connectivity index (χ0n) is 11.2. The van der Waals surface area contributed by atoms with Crippen LogP contribution in [-0.2, 0) is 6.54 Å². The first-order chi connectivity index (χ1) is 8.20. The largest absolute Gasteiger partial charge is 0.464 e. The Kier molecular flexibility index (Phi) is 4.24. The minimum atomic E-state index is 0.690. The summed E-state index contributed by atoms with van der Waals surface area (Å²) in [4.78, 5) is 2.30. The lowest BCUT2D eigenvalue weighted by molar-refractivity contribution is 0.344. The Hall–Kier alpha value is -0.800. The fourth-order valence-corrected chi connectivity index (χ4v) is 2.05. The maximum atomic E-state index is 5.84. The number of nitrogens with zero attached hydrogens (tertiary/aromatic N) is 1. The Bertz CT molecular complexity index is 348. The van der Waals surface area contributed by atoms with Gasteiger partial charge < -0.3 is 14.6 Å². The number of furan rings is 1. The molecule has 1 fully saturated rings. The van der Waals surface area contributed by atoms with Crippen LogP contribution in [0.1, 0.15) is 37.7 Å². The van der Waals surface area contributed by atoms with Crippen LogP contribution < -0.4 is 5.32 Å². The molecule has 0 spiro atoms. The van der Waals surface area contributed by atoms with Crippen molar-refractivity contribution in [2.75, 3.05) is 26.7 Å². The van der Waals surface area contributed by atoms with Gasteiger partial charge in [-0.05, 0) is 38.1 Å². The van der Waals surface area contributed by atoms with E-state index < -0.39 is 0 Å². The van der Waals surface area contributed by atoms with Gasteiger partial charge in [-0.3, -0.25) is 0 Å². The molecule has 0 amide bonds. The van der Waals surface area contributed by atoms with Crippen LogP contribution in [-0.4, -0.2) is 31.6 Å². The van der Waals surface area contributed by atoms with Gasteiger partial charge in [0.1, 0.15) is 11.5 Å². The van der Waals surface area contributed by atoms with Crippen molar-refractivity contribution >= 4 is 0 Å². The lowest BCUT2D eigenvalue weighted by Crippen LogP contribution is -2.28. The third-order valence-corrected chi connectivity index (χ3v) is 3.67. The van der Waals surface area contributed by atoms with E-state index in [4.69, 9.17) is 4.42 Å². The number of rotatable bonds is 7. The van der Waals surface area contributed by atoms with Crippen molar-refractivity contribution in [1.29, 1.82) is 0 Å². The van der Waals surface area contributed by atoms with E-state index in [2.05, 4.69) is 43.2 Å². The Balaban J connectivity index is 1.67. The molecule has 0 saturated heterocycles. The molecule has 3 nitrogen and oxygen atoms in total. The summed E-state index contributed by atoms with van der Waals surface area (Å²) >= 11 is 0. The van der Waals surface area contributed by atoms with E-state index in [9.17, 15) is 0 Å². The van der Waals surface area contributed by atoms with Gasteiger partial charge in [0, 0.05) is 19.0 Å². The second-order valence-corrected chi connectivity index (χ2v) is 5.20. The van der Waals surface area contributed by atoms with Crippen LogP contribution in [0.15, 0.2) is 16.5 Å². The summed E-state index contributed by atoms with van der Waals surface area (Å²) in [6, 6.07) is 4.25. The van der Waals surface area contributed by atoms with Gasteiger partial charge in [0.05, 0.1) is 6.54 Å². The zero-order valence-corrected chi connectivity index (χ0v) is 11.2. The Morgan fingerprint density at radius 3 is 2.88 bits per heavy atom. The molecule has 0 radical (unpaired) electrons. The fourth-order valence-electron chi connectivity index (χ4n) is 2.05. The molecule has 0 bridgehead atoms. The second-order valence-electron chi connectivity index (χ2n) is 5.20. The molecule has 17 heavy (non-hydrogen) atoms. The average Bonchev–Trinajstić information content (AvgIpc) is 2.89. The second kappa shape index (κ2) is 5.69. The molecule has 3 heteroatoms. The molecule has 2 atom stereocenters. The van der Waals surface area contributed by atoms with Crippen molar-refractivity contribution < 1.29 is 4.42 Å². The molecule has 1 saturated carbocycles. The number of hydrogen-bond donors (Lipinski definition) is 1. The number of likely N-dealkylation sites (N-methyl/N-ethyl adjacent to an activating group) is 1. The first kappa shape index (κ1) is 12.7. The molecule has 1 heterocycles. The highest BCUT2D eigenvalue weighted by Crippen LogP contribution is 2.47. The van der Waals surface area contributed by atoms with Crippen molar-refractivity contribution in [3.8, 4) is 0 Å². The molecular weight excluding hydrogens is 212 g/mol. The van der Waals surface area contributed by atoms with Crippen LogP contribution in [0.2, 0.25) is 0 Å². The molecular formula is C14H24N2O. The normalized spacial score (nSPS) is 23.3. The SMILES string of the molecule is CCN(C)CCNCc1ccc(C2CC2C)o1. The Morgan fingerprint density at radius 2 is 2.24 bits per heavy atom. The van der Waals surface area contributed by atoms with Crippen LogP contribution in [0.25, 0.3) is 0 Å². The van der Waals surface area contributed by atoms with Crippen molar-refractivity contribution in [3.63, 3.8) is 0 Å². The van der Waals surface area contributed by atoms with E-state index >= 15 is 0 Å². The molecule has 0 aliphatic heterocycles. The van der Waals surface area contributed by atoms with Crippen molar-refractivity contribution in [2.24, 2.45) is 5.92 Å². The summed E-state index contributed by atoms with van der Waals surface area (Å²) < 4.78 is 5.84. The highest BCUT2D eigenvalue weighted by Gasteiger charge is 2.36. The average molecular weight is 236 g/mol. The summed E-state index contributed by atoms with van der Waals surface area (Å²) in [7, 11) is 2.14. The van der Waals surface area contributed by atoms with Gasteiger partial charge in [-0.25, -0.2) is 0 Å². The van der Waals surface area contributed by atoms with Crippen LogP contribution in [0, 0.1) is 5.92 Å². The van der Waals surface area contributed by atoms with Crippen LogP contribution >= 0.6 is 0 Å². The molecule has 1 aromatic rings. The van der Waals surface area contributed by atoms with Crippen molar-refractivity contribution in [1.82, 2.24) is 10.2 Å². The van der Waals surface area contributed by atoms with E-state index in [-0.39, 0.29) is 0 Å². The third kappa shape index (κ3) is 3.58. The minimum absolute atomic E-state index is 0.690. The van der Waals surface area contributed by atoms with E-state index in [0.29, 0.717) is 5.92 Å². The van der Waals surface area contributed by atoms with Crippen molar-refractivity contribution in [3.05, 3.63) is 23.7 Å². The predicted octanol–water partition coefficient (Wildman–Crippen LogP) is 2.44. The zero-order chi connectivity index (χ0) is 12.3. The van der Waals surface area contributed by atoms with Gasteiger partial charge in [0.15, 0.2) is 0 Å². The first-order valence-corrected chi connectivity index (χ1v) is 6.68. The quantitative estimate of drug-likeness (QED) is 0.737. The monoisotopic (exact) mass is 236 g/mol. The number of nitrogens with one attached hydrogen (secondary N) is 1. The minimum Gasteiger partial charge on any atom is -0.464 e. The molecule has 0 aromatic carbocycles. The lowest BCUT2D eigenvalue weighted by Gasteiger charge is -2.13. The van der Waals surface area contributed by atoms with Gasteiger partial charge >= 0.3 is 0 Å². The standard InChI is InChI=1S/C14H24N2O/c1-4-16(3)8-7-15-10-12-5-6-14(17-12)13-9-11(13)2/h5-6,11,13,15H,4,7-10H2,1-3H3. The summed E-state index contributed by atoms with van der Waals surface area (Å²) in [5, 5.41) is 3.42. The summed E-state index contributed by atoms with van der Waals surface area (Å²) in [6.45, 7) is 8.51. The highest BCUT2D eigenvalue weighted by atomic mass is 16.3. The third-order valence-electron chi connectivity index (χ3n) is 3.67. The van der Waals surface area contributed by atoms with Gasteiger partial charge in [0.2, 0.25) is 0 Å².